The predicted molar refractivity (Wildman–Crippen MR) is 88.2 cm³/mol. The van der Waals surface area contributed by atoms with Gasteiger partial charge in [0.2, 0.25) is 0 Å². The van der Waals surface area contributed by atoms with Crippen LogP contribution in [0.2, 0.25) is 0 Å². The summed E-state index contributed by atoms with van der Waals surface area (Å²) in [7, 11) is 0. The van der Waals surface area contributed by atoms with Crippen LogP contribution in [0.15, 0.2) is 73.1 Å². The van der Waals surface area contributed by atoms with Crippen LogP contribution < -0.4 is 0 Å². The minimum atomic E-state index is -1.03. The normalized spacial score (nSPS) is 10.1. The molecule has 0 radical (unpaired) electrons. The molecule has 5 nitrogen and oxygen atoms in total. The van der Waals surface area contributed by atoms with Crippen LogP contribution in [0.25, 0.3) is 21.9 Å². The first kappa shape index (κ1) is 14.6. The quantitative estimate of drug-likeness (QED) is 0.582. The lowest BCUT2D eigenvalue weighted by Crippen LogP contribution is -2.00. The van der Waals surface area contributed by atoms with E-state index in [0.717, 1.165) is 10.9 Å². The molecule has 3 aromatic heterocycles. The molecule has 1 aromatic carbocycles. The summed E-state index contributed by atoms with van der Waals surface area (Å²) in [5, 5.41) is 10.7. The number of carbonyl (C=O) groups is 1. The van der Waals surface area contributed by atoms with Crippen molar-refractivity contribution in [2.45, 2.75) is 0 Å². The molecule has 0 aliphatic carbocycles. The first-order valence-electron chi connectivity index (χ1n) is 6.99. The third-order valence-electron chi connectivity index (χ3n) is 3.20. The average Bonchev–Trinajstić information content (AvgIpc) is 2.62. The first-order chi connectivity index (χ1) is 11.2. The van der Waals surface area contributed by atoms with Crippen LogP contribution in [0.3, 0.4) is 0 Å². The summed E-state index contributed by atoms with van der Waals surface area (Å²) in [6.45, 7) is 0. The molecule has 23 heavy (non-hydrogen) atoms. The topological polar surface area (TPSA) is 76.0 Å². The van der Waals surface area contributed by atoms with Gasteiger partial charge in [-0.15, -0.1) is 0 Å². The Bertz CT molecular complexity index is 905. The monoisotopic (exact) mass is 303 g/mol. The number of benzene rings is 1. The molecule has 0 unspecified atom stereocenters. The zero-order valence-electron chi connectivity index (χ0n) is 12.1. The number of hydrogen-bond acceptors (Lipinski definition) is 4. The Kier molecular flexibility index (Phi) is 4.20. The average molecular weight is 303 g/mol. The van der Waals surface area contributed by atoms with Crippen LogP contribution in [0.1, 0.15) is 10.5 Å². The van der Waals surface area contributed by atoms with E-state index in [9.17, 15) is 4.79 Å². The second-order valence-corrected chi connectivity index (χ2v) is 4.75. The van der Waals surface area contributed by atoms with Crippen molar-refractivity contribution in [2.75, 3.05) is 0 Å². The number of hydrogen-bond donors (Lipinski definition) is 1. The van der Waals surface area contributed by atoms with Gasteiger partial charge in [0.1, 0.15) is 0 Å². The van der Waals surface area contributed by atoms with Crippen LogP contribution in [0, 0.1) is 0 Å². The van der Waals surface area contributed by atoms with Crippen LogP contribution in [-0.2, 0) is 0 Å². The summed E-state index contributed by atoms with van der Waals surface area (Å²) >= 11 is 0. The molecule has 112 valence electrons. The molecule has 0 fully saturated rings. The summed E-state index contributed by atoms with van der Waals surface area (Å²) in [4.78, 5) is 22.5. The summed E-state index contributed by atoms with van der Waals surface area (Å²) in [5.41, 5.74) is 1.54. The summed E-state index contributed by atoms with van der Waals surface area (Å²) in [6.07, 6.45) is 3.39. The second-order valence-electron chi connectivity index (χ2n) is 4.75. The molecule has 0 aliphatic rings. The van der Waals surface area contributed by atoms with Crippen molar-refractivity contribution in [1.82, 2.24) is 15.0 Å². The van der Waals surface area contributed by atoms with Gasteiger partial charge in [-0.3, -0.25) is 4.98 Å². The minimum Gasteiger partial charge on any atom is -0.477 e. The third kappa shape index (κ3) is 3.47. The largest absolute Gasteiger partial charge is 0.477 e. The highest BCUT2D eigenvalue weighted by Crippen LogP contribution is 2.09. The molecule has 3 heterocycles. The molecule has 0 atom stereocenters. The Labute approximate surface area is 132 Å². The Hall–Kier alpha value is -3.34. The van der Waals surface area contributed by atoms with E-state index in [1.165, 1.54) is 11.5 Å². The van der Waals surface area contributed by atoms with E-state index < -0.39 is 5.97 Å². The number of nitrogens with zero attached hydrogens (tertiary/aromatic N) is 3. The first-order valence-corrected chi connectivity index (χ1v) is 6.99. The smallest absolute Gasteiger partial charge is 0.354 e. The molecule has 0 amide bonds. The lowest BCUT2D eigenvalue weighted by atomic mass is 10.2. The number of fused-ring (bicyclic) bond motifs is 2. The van der Waals surface area contributed by atoms with Crippen molar-refractivity contribution in [3.63, 3.8) is 0 Å². The van der Waals surface area contributed by atoms with Gasteiger partial charge in [0.25, 0.3) is 0 Å². The van der Waals surface area contributed by atoms with Crippen molar-refractivity contribution in [1.29, 1.82) is 0 Å². The fourth-order valence-electron chi connectivity index (χ4n) is 2.09. The molecule has 0 saturated heterocycles. The molecule has 4 rings (SSSR count). The van der Waals surface area contributed by atoms with E-state index in [1.54, 1.807) is 18.3 Å². The number of para-hydroxylation sites is 1. The van der Waals surface area contributed by atoms with E-state index >= 15 is 0 Å². The minimum absolute atomic E-state index is 0.0196. The fraction of sp³-hybridized carbons (Fsp3) is 0. The second kappa shape index (κ2) is 6.62. The van der Waals surface area contributed by atoms with Gasteiger partial charge in [0, 0.05) is 23.2 Å². The van der Waals surface area contributed by atoms with Gasteiger partial charge < -0.3 is 5.11 Å². The lowest BCUT2D eigenvalue weighted by molar-refractivity contribution is 0.0691. The molecule has 0 aliphatic heterocycles. The zero-order chi connectivity index (χ0) is 16.1. The number of carboxylic acids is 1. The number of rotatable bonds is 1. The Morgan fingerprint density at radius 1 is 0.783 bits per heavy atom. The van der Waals surface area contributed by atoms with Crippen molar-refractivity contribution in [3.8, 4) is 0 Å². The van der Waals surface area contributed by atoms with Gasteiger partial charge in [-0.1, -0.05) is 24.3 Å². The van der Waals surface area contributed by atoms with Crippen molar-refractivity contribution in [2.24, 2.45) is 0 Å². The van der Waals surface area contributed by atoms with Gasteiger partial charge in [-0.25, -0.2) is 14.8 Å². The molecule has 5 heteroatoms. The van der Waals surface area contributed by atoms with Gasteiger partial charge in [-0.05, 0) is 36.4 Å². The third-order valence-corrected chi connectivity index (χ3v) is 3.20. The van der Waals surface area contributed by atoms with Gasteiger partial charge in [-0.2, -0.15) is 0 Å². The van der Waals surface area contributed by atoms with Crippen LogP contribution in [0.4, 0.5) is 0 Å². The molecule has 0 spiro atoms. The van der Waals surface area contributed by atoms with Gasteiger partial charge >= 0.3 is 5.97 Å². The standard InChI is InChI=1S/C9H6N2O2.C9H7N/c12-9(13)7-4-3-6-2-1-5-10-8(6)11-7;1-2-6-9-8(4-1)5-3-7-10-9/h1-5H,(H,12,13);1-7H. The fourth-order valence-corrected chi connectivity index (χ4v) is 2.09. The molecule has 0 saturated carbocycles. The maximum atomic E-state index is 10.6. The molecule has 0 bridgehead atoms. The van der Waals surface area contributed by atoms with Crippen LogP contribution in [-0.4, -0.2) is 26.0 Å². The van der Waals surface area contributed by atoms with Gasteiger partial charge in [0.05, 0.1) is 5.52 Å². The Balaban J connectivity index is 0.000000140. The van der Waals surface area contributed by atoms with E-state index in [2.05, 4.69) is 27.1 Å². The summed E-state index contributed by atoms with van der Waals surface area (Å²) in [5.74, 6) is -1.03. The number of carboxylic acid groups (broad SMARTS) is 1. The Morgan fingerprint density at radius 2 is 1.48 bits per heavy atom. The Morgan fingerprint density at radius 3 is 2.26 bits per heavy atom. The lowest BCUT2D eigenvalue weighted by Gasteiger charge is -1.96. The van der Waals surface area contributed by atoms with E-state index in [1.807, 2.05) is 36.5 Å². The zero-order valence-corrected chi connectivity index (χ0v) is 12.1. The highest BCUT2D eigenvalue weighted by atomic mass is 16.4. The predicted octanol–water partition coefficient (Wildman–Crippen LogP) is 3.56. The molecule has 4 aromatic rings. The number of aromatic nitrogens is 3. The van der Waals surface area contributed by atoms with Crippen molar-refractivity contribution >= 4 is 27.9 Å². The van der Waals surface area contributed by atoms with E-state index in [0.29, 0.717) is 5.65 Å². The molecular weight excluding hydrogens is 290 g/mol. The SMILES string of the molecule is O=C(O)c1ccc2cccnc2n1.c1ccc2ncccc2c1. The summed E-state index contributed by atoms with van der Waals surface area (Å²) < 4.78 is 0. The summed E-state index contributed by atoms with van der Waals surface area (Å²) in [6, 6.07) is 18.9. The molecular formula is C18H13N3O2. The maximum absolute atomic E-state index is 10.6. The maximum Gasteiger partial charge on any atom is 0.354 e. The van der Waals surface area contributed by atoms with E-state index in [4.69, 9.17) is 5.11 Å². The number of pyridine rings is 3. The van der Waals surface area contributed by atoms with Crippen LogP contribution >= 0.6 is 0 Å². The van der Waals surface area contributed by atoms with Gasteiger partial charge in [0.15, 0.2) is 11.3 Å². The highest BCUT2D eigenvalue weighted by molar-refractivity contribution is 5.88. The number of aromatic carboxylic acids is 1. The van der Waals surface area contributed by atoms with Crippen LogP contribution in [0.5, 0.6) is 0 Å². The van der Waals surface area contributed by atoms with E-state index in [-0.39, 0.29) is 5.69 Å². The van der Waals surface area contributed by atoms with Crippen molar-refractivity contribution < 1.29 is 9.90 Å². The highest BCUT2D eigenvalue weighted by Gasteiger charge is 2.04. The van der Waals surface area contributed by atoms with Crippen molar-refractivity contribution in [3.05, 3.63) is 78.8 Å². The molecule has 1 N–H and O–H groups in total.